The summed E-state index contributed by atoms with van der Waals surface area (Å²) in [5.41, 5.74) is 1.18. The summed E-state index contributed by atoms with van der Waals surface area (Å²) in [6.45, 7) is 5.23. The third-order valence-corrected chi connectivity index (χ3v) is 4.02. The van der Waals surface area contributed by atoms with Crippen LogP contribution in [0.5, 0.6) is 0 Å². The maximum absolute atomic E-state index is 6.23. The van der Waals surface area contributed by atoms with Gasteiger partial charge in [-0.3, -0.25) is 0 Å². The average Bonchev–Trinajstić information content (AvgIpc) is 2.39. The smallest absolute Gasteiger partial charge is 0.0587 e. The van der Waals surface area contributed by atoms with Crippen LogP contribution in [0.3, 0.4) is 0 Å². The number of hydrogen-bond donors (Lipinski definition) is 1. The Bertz CT molecular complexity index is 383. The minimum absolute atomic E-state index is 0.291. The van der Waals surface area contributed by atoms with Gasteiger partial charge in [0, 0.05) is 23.7 Å². The molecule has 18 heavy (non-hydrogen) atoms. The van der Waals surface area contributed by atoms with Crippen molar-refractivity contribution in [3.63, 3.8) is 0 Å². The van der Waals surface area contributed by atoms with E-state index < -0.39 is 0 Å². The van der Waals surface area contributed by atoms with E-state index in [4.69, 9.17) is 16.3 Å². The zero-order valence-electron chi connectivity index (χ0n) is 11.2. The largest absolute Gasteiger partial charge is 0.378 e. The highest BCUT2D eigenvalue weighted by atomic mass is 35.5. The Morgan fingerprint density at radius 1 is 1.44 bits per heavy atom. The van der Waals surface area contributed by atoms with E-state index in [9.17, 15) is 0 Å². The van der Waals surface area contributed by atoms with Gasteiger partial charge in [0.15, 0.2) is 0 Å². The molecule has 3 heteroatoms. The topological polar surface area (TPSA) is 21.3 Å². The number of hydrogen-bond acceptors (Lipinski definition) is 2. The van der Waals surface area contributed by atoms with Crippen molar-refractivity contribution in [3.8, 4) is 0 Å². The highest BCUT2D eigenvalue weighted by Gasteiger charge is 2.23. The zero-order chi connectivity index (χ0) is 13.0. The van der Waals surface area contributed by atoms with E-state index >= 15 is 0 Å². The lowest BCUT2D eigenvalue weighted by molar-refractivity contribution is -0.00165. The van der Waals surface area contributed by atoms with E-state index in [0.717, 1.165) is 30.9 Å². The summed E-state index contributed by atoms with van der Waals surface area (Å²) in [4.78, 5) is 0. The summed E-state index contributed by atoms with van der Waals surface area (Å²) in [6.07, 6.45) is 3.70. The summed E-state index contributed by atoms with van der Waals surface area (Å²) in [5, 5.41) is 4.52. The van der Waals surface area contributed by atoms with Gasteiger partial charge >= 0.3 is 0 Å². The first-order valence-electron chi connectivity index (χ1n) is 6.82. The number of ether oxygens (including phenoxy) is 1. The predicted molar refractivity (Wildman–Crippen MR) is 76.1 cm³/mol. The molecule has 0 bridgehead atoms. The molecule has 1 saturated heterocycles. The molecule has 2 nitrogen and oxygen atoms in total. The first-order valence-corrected chi connectivity index (χ1v) is 7.20. The monoisotopic (exact) mass is 267 g/mol. The summed E-state index contributed by atoms with van der Waals surface area (Å²) in [6, 6.07) is 8.89. The molecule has 2 rings (SSSR count). The van der Waals surface area contributed by atoms with Gasteiger partial charge < -0.3 is 10.1 Å². The quantitative estimate of drug-likeness (QED) is 0.892. The molecule has 1 N–H and O–H groups in total. The van der Waals surface area contributed by atoms with E-state index in [-0.39, 0.29) is 0 Å². The predicted octanol–water partition coefficient (Wildman–Crippen LogP) is 3.95. The van der Waals surface area contributed by atoms with Gasteiger partial charge in [-0.1, -0.05) is 36.7 Å². The average molecular weight is 268 g/mol. The normalized spacial score (nSPS) is 25.9. The van der Waals surface area contributed by atoms with Crippen LogP contribution in [0.4, 0.5) is 0 Å². The van der Waals surface area contributed by atoms with Crippen molar-refractivity contribution in [1.29, 1.82) is 0 Å². The fourth-order valence-electron chi connectivity index (χ4n) is 2.59. The van der Waals surface area contributed by atoms with Crippen LogP contribution in [0.15, 0.2) is 24.3 Å². The Morgan fingerprint density at radius 3 is 2.94 bits per heavy atom. The number of benzene rings is 1. The highest BCUT2D eigenvalue weighted by molar-refractivity contribution is 6.31. The Hall–Kier alpha value is -0.570. The van der Waals surface area contributed by atoms with Crippen molar-refractivity contribution in [2.45, 2.75) is 51.3 Å². The van der Waals surface area contributed by atoms with Gasteiger partial charge in [-0.2, -0.15) is 0 Å². The second-order valence-corrected chi connectivity index (χ2v) is 5.44. The van der Waals surface area contributed by atoms with Gasteiger partial charge in [-0.05, 0) is 37.8 Å². The molecule has 0 spiro atoms. The van der Waals surface area contributed by atoms with Gasteiger partial charge in [0.1, 0.15) is 0 Å². The van der Waals surface area contributed by atoms with Crippen molar-refractivity contribution in [3.05, 3.63) is 34.9 Å². The summed E-state index contributed by atoms with van der Waals surface area (Å²) in [5.74, 6) is 0. The van der Waals surface area contributed by atoms with Gasteiger partial charge in [-0.15, -0.1) is 0 Å². The lowest BCUT2D eigenvalue weighted by atomic mass is 9.99. The maximum atomic E-state index is 6.23. The second kappa shape index (κ2) is 6.55. The molecule has 0 aliphatic carbocycles. The van der Waals surface area contributed by atoms with Crippen LogP contribution in [0.25, 0.3) is 0 Å². The molecule has 1 aromatic rings. The molecular formula is C15H22ClNO. The van der Waals surface area contributed by atoms with E-state index in [1.165, 1.54) is 5.56 Å². The number of rotatable bonds is 4. The molecule has 3 atom stereocenters. The molecular weight excluding hydrogens is 246 g/mol. The van der Waals surface area contributed by atoms with Crippen LogP contribution in [-0.2, 0) is 4.74 Å². The Labute approximate surface area is 115 Å². The molecule has 0 radical (unpaired) electrons. The lowest BCUT2D eigenvalue weighted by Crippen LogP contribution is -2.40. The van der Waals surface area contributed by atoms with E-state index in [0.29, 0.717) is 18.2 Å². The van der Waals surface area contributed by atoms with Gasteiger partial charge in [0.05, 0.1) is 6.10 Å². The molecule has 0 aromatic heterocycles. The van der Waals surface area contributed by atoms with Crippen LogP contribution in [0.2, 0.25) is 5.02 Å². The van der Waals surface area contributed by atoms with Crippen LogP contribution in [0, 0.1) is 0 Å². The molecule has 100 valence electrons. The summed E-state index contributed by atoms with van der Waals surface area (Å²) in [7, 11) is 0. The van der Waals surface area contributed by atoms with Crippen molar-refractivity contribution in [2.75, 3.05) is 6.61 Å². The standard InChI is InChI=1S/C15H22ClNO/c1-3-13-10-12(8-9-18-13)17-11(2)14-6-4-5-7-15(14)16/h4-7,11-13,17H,3,8-10H2,1-2H3. The van der Waals surface area contributed by atoms with Crippen LogP contribution >= 0.6 is 11.6 Å². The molecule has 0 saturated carbocycles. The second-order valence-electron chi connectivity index (χ2n) is 5.03. The Balaban J connectivity index is 1.95. The number of halogens is 1. The summed E-state index contributed by atoms with van der Waals surface area (Å²) >= 11 is 6.23. The molecule has 3 unspecified atom stereocenters. The minimum Gasteiger partial charge on any atom is -0.378 e. The van der Waals surface area contributed by atoms with Gasteiger partial charge in [0.25, 0.3) is 0 Å². The molecule has 1 aliphatic rings. The SMILES string of the molecule is CCC1CC(NC(C)c2ccccc2Cl)CCO1. The third kappa shape index (κ3) is 3.47. The van der Waals surface area contributed by atoms with Crippen molar-refractivity contribution in [1.82, 2.24) is 5.32 Å². The summed E-state index contributed by atoms with van der Waals surface area (Å²) < 4.78 is 5.70. The molecule has 1 aromatic carbocycles. The van der Waals surface area contributed by atoms with E-state index in [1.54, 1.807) is 0 Å². The third-order valence-electron chi connectivity index (χ3n) is 3.68. The first kappa shape index (κ1) is 13.9. The minimum atomic E-state index is 0.291. The molecule has 1 heterocycles. The highest BCUT2D eigenvalue weighted by Crippen LogP contribution is 2.25. The Kier molecular flexibility index (Phi) is 5.04. The van der Waals surface area contributed by atoms with Crippen molar-refractivity contribution in [2.24, 2.45) is 0 Å². The molecule has 0 amide bonds. The fraction of sp³-hybridized carbons (Fsp3) is 0.600. The maximum Gasteiger partial charge on any atom is 0.0587 e. The van der Waals surface area contributed by atoms with Crippen LogP contribution < -0.4 is 5.32 Å². The number of nitrogens with one attached hydrogen (secondary N) is 1. The van der Waals surface area contributed by atoms with Crippen LogP contribution in [0.1, 0.15) is 44.7 Å². The van der Waals surface area contributed by atoms with Crippen molar-refractivity contribution >= 4 is 11.6 Å². The lowest BCUT2D eigenvalue weighted by Gasteiger charge is -2.32. The fourth-order valence-corrected chi connectivity index (χ4v) is 2.89. The molecule has 1 aliphatic heterocycles. The first-order chi connectivity index (χ1) is 8.70. The molecule has 1 fully saturated rings. The zero-order valence-corrected chi connectivity index (χ0v) is 11.9. The van der Waals surface area contributed by atoms with Crippen molar-refractivity contribution < 1.29 is 4.74 Å². The van der Waals surface area contributed by atoms with Gasteiger partial charge in [-0.25, -0.2) is 0 Å². The van der Waals surface area contributed by atoms with Gasteiger partial charge in [0.2, 0.25) is 0 Å². The van der Waals surface area contributed by atoms with Crippen LogP contribution in [-0.4, -0.2) is 18.8 Å². The van der Waals surface area contributed by atoms with E-state index in [1.807, 2.05) is 18.2 Å². The van der Waals surface area contributed by atoms with E-state index in [2.05, 4.69) is 25.2 Å². The Morgan fingerprint density at radius 2 is 2.22 bits per heavy atom.